The molecule has 1 aromatic rings. The third-order valence-electron chi connectivity index (χ3n) is 5.06. The van der Waals surface area contributed by atoms with Gasteiger partial charge in [0.25, 0.3) is 0 Å². The van der Waals surface area contributed by atoms with Gasteiger partial charge in [-0.15, -0.1) is 0 Å². The molecule has 25 heavy (non-hydrogen) atoms. The maximum Gasteiger partial charge on any atom is 0.336 e. The average Bonchev–Trinajstić information content (AvgIpc) is 2.63. The zero-order valence-corrected chi connectivity index (χ0v) is 15.2. The molecule has 2 aliphatic heterocycles. The number of aromatic carboxylic acids is 1. The van der Waals surface area contributed by atoms with E-state index in [0.717, 1.165) is 45.4 Å². The maximum absolute atomic E-state index is 11.4. The van der Waals surface area contributed by atoms with Crippen LogP contribution in [0.2, 0.25) is 5.02 Å². The van der Waals surface area contributed by atoms with Gasteiger partial charge in [-0.1, -0.05) is 17.7 Å². The van der Waals surface area contributed by atoms with E-state index in [9.17, 15) is 9.90 Å². The fourth-order valence-corrected chi connectivity index (χ4v) is 3.79. The van der Waals surface area contributed by atoms with Crippen molar-refractivity contribution in [2.24, 2.45) is 0 Å². The van der Waals surface area contributed by atoms with Crippen LogP contribution in [0.15, 0.2) is 18.2 Å². The summed E-state index contributed by atoms with van der Waals surface area (Å²) in [7, 11) is 0. The highest BCUT2D eigenvalue weighted by molar-refractivity contribution is 6.31. The number of piperidine rings is 1. The van der Waals surface area contributed by atoms with Crippen LogP contribution in [-0.2, 0) is 16.0 Å². The van der Waals surface area contributed by atoms with Crippen LogP contribution in [-0.4, -0.2) is 54.5 Å². The van der Waals surface area contributed by atoms with Crippen LogP contribution in [0.5, 0.6) is 0 Å². The smallest absolute Gasteiger partial charge is 0.336 e. The molecular weight excluding hydrogens is 342 g/mol. The largest absolute Gasteiger partial charge is 0.478 e. The molecule has 1 aromatic carbocycles. The Labute approximate surface area is 153 Å². The van der Waals surface area contributed by atoms with Gasteiger partial charge < -0.3 is 14.6 Å². The first kappa shape index (κ1) is 18.6. The van der Waals surface area contributed by atoms with Crippen LogP contribution in [0.25, 0.3) is 0 Å². The van der Waals surface area contributed by atoms with Crippen LogP contribution >= 0.6 is 11.6 Å². The molecule has 138 valence electrons. The Morgan fingerprint density at radius 2 is 2.08 bits per heavy atom. The molecule has 2 saturated heterocycles. The minimum Gasteiger partial charge on any atom is -0.478 e. The van der Waals surface area contributed by atoms with E-state index in [4.69, 9.17) is 21.1 Å². The van der Waals surface area contributed by atoms with E-state index in [1.54, 1.807) is 18.2 Å². The monoisotopic (exact) mass is 367 g/mol. The Balaban J connectivity index is 1.47. The normalized spacial score (nSPS) is 22.8. The predicted octanol–water partition coefficient (Wildman–Crippen LogP) is 3.59. The average molecular weight is 368 g/mol. The van der Waals surface area contributed by atoms with Gasteiger partial charge in [-0.05, 0) is 49.8 Å². The lowest BCUT2D eigenvalue weighted by atomic mass is 10.0. The Morgan fingerprint density at radius 1 is 1.28 bits per heavy atom. The van der Waals surface area contributed by atoms with E-state index in [1.165, 1.54) is 6.42 Å². The molecule has 0 aromatic heterocycles. The summed E-state index contributed by atoms with van der Waals surface area (Å²) in [5, 5.41) is 9.87. The molecule has 1 unspecified atom stereocenters. The number of hydrogen-bond acceptors (Lipinski definition) is 4. The zero-order valence-electron chi connectivity index (χ0n) is 14.5. The van der Waals surface area contributed by atoms with Crippen LogP contribution < -0.4 is 0 Å². The molecule has 1 N–H and O–H groups in total. The number of likely N-dealkylation sites (tertiary alicyclic amines) is 1. The summed E-state index contributed by atoms with van der Waals surface area (Å²) in [4.78, 5) is 13.6. The van der Waals surface area contributed by atoms with E-state index in [2.05, 4.69) is 4.90 Å². The van der Waals surface area contributed by atoms with Crippen molar-refractivity contribution in [1.29, 1.82) is 0 Å². The summed E-state index contributed by atoms with van der Waals surface area (Å²) in [5.41, 5.74) is 0.993. The standard InChI is InChI=1S/C19H26ClNO4/c20-18-6-3-5-16(19(22)23)17(18)12-21-9-7-14(8-10-21)25-13-15-4-1-2-11-24-15/h3,5-6,14-15H,1-2,4,7-13H2,(H,22,23). The Hall–Kier alpha value is -1.14. The molecular formula is C19H26ClNO4. The number of benzene rings is 1. The highest BCUT2D eigenvalue weighted by atomic mass is 35.5. The zero-order chi connectivity index (χ0) is 17.6. The van der Waals surface area contributed by atoms with E-state index < -0.39 is 5.97 Å². The summed E-state index contributed by atoms with van der Waals surface area (Å²) in [6.07, 6.45) is 5.94. The van der Waals surface area contributed by atoms with Crippen molar-refractivity contribution in [3.05, 3.63) is 34.3 Å². The summed E-state index contributed by atoms with van der Waals surface area (Å²) in [6, 6.07) is 5.05. The van der Waals surface area contributed by atoms with Gasteiger partial charge in [0.15, 0.2) is 0 Å². The predicted molar refractivity (Wildman–Crippen MR) is 96.3 cm³/mol. The first-order valence-electron chi connectivity index (χ1n) is 9.09. The molecule has 2 aliphatic rings. The molecule has 0 radical (unpaired) electrons. The van der Waals surface area contributed by atoms with Gasteiger partial charge in [0.1, 0.15) is 0 Å². The van der Waals surface area contributed by atoms with E-state index in [1.807, 2.05) is 0 Å². The van der Waals surface area contributed by atoms with Crippen molar-refractivity contribution in [1.82, 2.24) is 4.90 Å². The van der Waals surface area contributed by atoms with Gasteiger partial charge in [-0.25, -0.2) is 4.79 Å². The van der Waals surface area contributed by atoms with Crippen molar-refractivity contribution >= 4 is 17.6 Å². The number of carboxylic acid groups (broad SMARTS) is 1. The second kappa shape index (κ2) is 8.99. The van der Waals surface area contributed by atoms with Crippen molar-refractivity contribution < 1.29 is 19.4 Å². The lowest BCUT2D eigenvalue weighted by Crippen LogP contribution is -2.38. The summed E-state index contributed by atoms with van der Waals surface area (Å²) >= 11 is 6.23. The molecule has 2 fully saturated rings. The van der Waals surface area contributed by atoms with Crippen molar-refractivity contribution in [2.75, 3.05) is 26.3 Å². The van der Waals surface area contributed by atoms with Gasteiger partial charge >= 0.3 is 5.97 Å². The first-order valence-corrected chi connectivity index (χ1v) is 9.47. The second-order valence-corrected chi connectivity index (χ2v) is 7.28. The summed E-state index contributed by atoms with van der Waals surface area (Å²) in [6.45, 7) is 3.90. The molecule has 3 rings (SSSR count). The number of rotatable bonds is 6. The molecule has 0 spiro atoms. The fourth-order valence-electron chi connectivity index (χ4n) is 3.56. The Kier molecular flexibility index (Phi) is 6.70. The summed E-state index contributed by atoms with van der Waals surface area (Å²) < 4.78 is 11.7. The van der Waals surface area contributed by atoms with Crippen LogP contribution in [0.3, 0.4) is 0 Å². The van der Waals surface area contributed by atoms with Crippen molar-refractivity contribution in [3.8, 4) is 0 Å². The Morgan fingerprint density at radius 3 is 2.76 bits per heavy atom. The van der Waals surface area contributed by atoms with Crippen LogP contribution in [0.1, 0.15) is 48.0 Å². The van der Waals surface area contributed by atoms with Gasteiger partial charge in [0.05, 0.1) is 24.4 Å². The Bertz CT molecular complexity index is 581. The number of carboxylic acids is 1. The third kappa shape index (κ3) is 5.17. The maximum atomic E-state index is 11.4. The number of halogens is 1. The number of ether oxygens (including phenoxy) is 2. The minimum atomic E-state index is -0.928. The summed E-state index contributed by atoms with van der Waals surface area (Å²) in [5.74, 6) is -0.928. The third-order valence-corrected chi connectivity index (χ3v) is 5.41. The van der Waals surface area contributed by atoms with E-state index >= 15 is 0 Å². The molecule has 2 heterocycles. The molecule has 0 bridgehead atoms. The topological polar surface area (TPSA) is 59.0 Å². The minimum absolute atomic E-state index is 0.257. The molecule has 0 aliphatic carbocycles. The quantitative estimate of drug-likeness (QED) is 0.832. The van der Waals surface area contributed by atoms with E-state index in [0.29, 0.717) is 29.3 Å². The van der Waals surface area contributed by atoms with Gasteiger partial charge in [-0.3, -0.25) is 4.90 Å². The molecule has 1 atom stereocenters. The van der Waals surface area contributed by atoms with Crippen molar-refractivity contribution in [3.63, 3.8) is 0 Å². The van der Waals surface area contributed by atoms with Crippen molar-refractivity contribution in [2.45, 2.75) is 50.9 Å². The van der Waals surface area contributed by atoms with Gasteiger partial charge in [-0.2, -0.15) is 0 Å². The van der Waals surface area contributed by atoms with E-state index in [-0.39, 0.29) is 12.2 Å². The lowest BCUT2D eigenvalue weighted by molar-refractivity contribution is -0.0753. The number of carbonyl (C=O) groups is 1. The SMILES string of the molecule is O=C(O)c1cccc(Cl)c1CN1CCC(OCC2CCCCO2)CC1. The molecule has 0 amide bonds. The first-order chi connectivity index (χ1) is 12.1. The number of hydrogen-bond donors (Lipinski definition) is 1. The molecule has 6 heteroatoms. The van der Waals surface area contributed by atoms with Crippen LogP contribution in [0.4, 0.5) is 0 Å². The molecule has 5 nitrogen and oxygen atoms in total. The highest BCUT2D eigenvalue weighted by Gasteiger charge is 2.24. The van der Waals surface area contributed by atoms with Gasteiger partial charge in [0.2, 0.25) is 0 Å². The molecule has 0 saturated carbocycles. The van der Waals surface area contributed by atoms with Crippen LogP contribution in [0, 0.1) is 0 Å². The fraction of sp³-hybridized carbons (Fsp3) is 0.632. The second-order valence-electron chi connectivity index (χ2n) is 6.87. The number of nitrogens with zero attached hydrogens (tertiary/aromatic N) is 1. The van der Waals surface area contributed by atoms with Gasteiger partial charge in [0, 0.05) is 31.3 Å². The lowest BCUT2D eigenvalue weighted by Gasteiger charge is -2.33. The highest BCUT2D eigenvalue weighted by Crippen LogP contribution is 2.24.